The number of hydrogen-bond acceptors (Lipinski definition) is 4. The Morgan fingerprint density at radius 1 is 0.919 bits per heavy atom. The minimum Gasteiger partial charge on any atom is -0.497 e. The summed E-state index contributed by atoms with van der Waals surface area (Å²) >= 11 is 1.43. The minimum atomic E-state index is -0.152. The third-order valence-corrected chi connectivity index (χ3v) is 7.56. The zero-order chi connectivity index (χ0) is 25.9. The maximum absolute atomic E-state index is 13.8. The Bertz CT molecular complexity index is 1470. The molecule has 1 aliphatic heterocycles. The first kappa shape index (κ1) is 24.7. The number of para-hydroxylation sites is 1. The lowest BCUT2D eigenvalue weighted by Crippen LogP contribution is -2.32. The van der Waals surface area contributed by atoms with Gasteiger partial charge < -0.3 is 9.30 Å². The molecule has 0 saturated carbocycles. The van der Waals surface area contributed by atoms with E-state index in [0.29, 0.717) is 10.1 Å². The van der Waals surface area contributed by atoms with E-state index < -0.39 is 0 Å². The van der Waals surface area contributed by atoms with Gasteiger partial charge >= 0.3 is 0 Å². The number of amidine groups is 1. The summed E-state index contributed by atoms with van der Waals surface area (Å²) in [6.07, 6.45) is 1.99. The summed E-state index contributed by atoms with van der Waals surface area (Å²) in [5.74, 6) is 0.782. The molecule has 1 amide bonds. The lowest BCUT2D eigenvalue weighted by atomic mass is 10.1. The van der Waals surface area contributed by atoms with Gasteiger partial charge in [0.1, 0.15) is 5.75 Å². The van der Waals surface area contributed by atoms with E-state index in [-0.39, 0.29) is 11.9 Å². The van der Waals surface area contributed by atoms with E-state index in [9.17, 15) is 4.79 Å². The fourth-order valence-electron chi connectivity index (χ4n) is 4.60. The molecular weight excluding hydrogens is 478 g/mol. The fourth-order valence-corrected chi connectivity index (χ4v) is 5.66. The van der Waals surface area contributed by atoms with Crippen LogP contribution in [0.5, 0.6) is 5.75 Å². The highest BCUT2D eigenvalue weighted by atomic mass is 32.2. The van der Waals surface area contributed by atoms with Crippen LogP contribution in [0.25, 0.3) is 11.8 Å². The van der Waals surface area contributed by atoms with Gasteiger partial charge in [-0.1, -0.05) is 48.5 Å². The molecule has 5 rings (SSSR count). The van der Waals surface area contributed by atoms with Crippen molar-refractivity contribution in [2.24, 2.45) is 4.99 Å². The van der Waals surface area contributed by atoms with Crippen molar-refractivity contribution < 1.29 is 9.53 Å². The van der Waals surface area contributed by atoms with Crippen LogP contribution in [0.3, 0.4) is 0 Å². The van der Waals surface area contributed by atoms with Crippen molar-refractivity contribution in [1.29, 1.82) is 0 Å². The number of aromatic nitrogens is 1. The summed E-state index contributed by atoms with van der Waals surface area (Å²) in [4.78, 5) is 21.1. The first-order chi connectivity index (χ1) is 18.0. The molecule has 0 radical (unpaired) electrons. The van der Waals surface area contributed by atoms with E-state index in [1.54, 1.807) is 7.11 Å². The van der Waals surface area contributed by atoms with Crippen molar-refractivity contribution in [1.82, 2.24) is 9.47 Å². The van der Waals surface area contributed by atoms with Crippen LogP contribution in [-0.4, -0.2) is 27.7 Å². The van der Waals surface area contributed by atoms with E-state index in [1.807, 2.05) is 103 Å². The molecule has 4 aromatic rings. The van der Waals surface area contributed by atoms with Gasteiger partial charge in [0.2, 0.25) is 0 Å². The number of carbonyl (C=O) groups is 1. The van der Waals surface area contributed by atoms with Crippen molar-refractivity contribution in [2.75, 3.05) is 7.11 Å². The number of rotatable bonds is 6. The van der Waals surface area contributed by atoms with E-state index in [4.69, 9.17) is 9.73 Å². The molecule has 0 unspecified atom stereocenters. The number of nitrogens with zero attached hydrogens (tertiary/aromatic N) is 3. The lowest BCUT2D eigenvalue weighted by Gasteiger charge is -2.24. The van der Waals surface area contributed by atoms with Crippen LogP contribution in [0.15, 0.2) is 101 Å². The molecular formula is C31H29N3O2S. The van der Waals surface area contributed by atoms with Crippen molar-refractivity contribution in [3.05, 3.63) is 118 Å². The summed E-state index contributed by atoms with van der Waals surface area (Å²) in [5, 5.41) is 0.683. The molecule has 3 aromatic carbocycles. The molecule has 5 nitrogen and oxygen atoms in total. The topological polar surface area (TPSA) is 46.8 Å². The highest BCUT2D eigenvalue weighted by molar-refractivity contribution is 8.18. The Hall–Kier alpha value is -4.03. The molecule has 186 valence electrons. The van der Waals surface area contributed by atoms with Crippen LogP contribution in [-0.2, 0) is 4.79 Å². The summed E-state index contributed by atoms with van der Waals surface area (Å²) in [7, 11) is 1.67. The van der Waals surface area contributed by atoms with Crippen LogP contribution in [0.1, 0.15) is 35.5 Å². The molecule has 1 aliphatic rings. The van der Waals surface area contributed by atoms with Crippen LogP contribution in [0.4, 0.5) is 5.69 Å². The lowest BCUT2D eigenvalue weighted by molar-refractivity contribution is -0.123. The Morgan fingerprint density at radius 3 is 2.22 bits per heavy atom. The number of methoxy groups -OCH3 is 1. The predicted molar refractivity (Wildman–Crippen MR) is 153 cm³/mol. The summed E-state index contributed by atoms with van der Waals surface area (Å²) < 4.78 is 7.50. The quantitative estimate of drug-likeness (QED) is 0.254. The Labute approximate surface area is 222 Å². The van der Waals surface area contributed by atoms with Gasteiger partial charge in [-0.2, -0.15) is 0 Å². The first-order valence-corrected chi connectivity index (χ1v) is 13.0. The monoisotopic (exact) mass is 507 g/mol. The summed E-state index contributed by atoms with van der Waals surface area (Å²) in [5.41, 5.74) is 6.12. The maximum atomic E-state index is 13.8. The molecule has 2 heterocycles. The average Bonchev–Trinajstić information content (AvgIpc) is 3.38. The van der Waals surface area contributed by atoms with Gasteiger partial charge in [-0.25, -0.2) is 4.99 Å². The second-order valence-electron chi connectivity index (χ2n) is 8.96. The molecule has 1 aromatic heterocycles. The second-order valence-corrected chi connectivity index (χ2v) is 9.97. The van der Waals surface area contributed by atoms with E-state index in [2.05, 4.69) is 24.5 Å². The van der Waals surface area contributed by atoms with E-state index >= 15 is 0 Å². The van der Waals surface area contributed by atoms with Gasteiger partial charge in [0, 0.05) is 17.1 Å². The largest absolute Gasteiger partial charge is 0.497 e. The second kappa shape index (κ2) is 10.5. The number of amides is 1. The standard InChI is InChI=1S/C31H29N3O2S/c1-21-19-25(23(3)33(21)27-15-17-28(36-4)18-16-27)20-29-30(35)34(22(2)24-11-7-5-8-12-24)31(37-29)32-26-13-9-6-10-14-26/h5-20,22H,1-4H3/b29-20+,32-31?/t22-/m1/s1. The van der Waals surface area contributed by atoms with Crippen LogP contribution in [0, 0.1) is 13.8 Å². The third-order valence-electron chi connectivity index (χ3n) is 6.57. The van der Waals surface area contributed by atoms with Crippen molar-refractivity contribution in [3.63, 3.8) is 0 Å². The first-order valence-electron chi connectivity index (χ1n) is 12.2. The highest BCUT2D eigenvalue weighted by Crippen LogP contribution is 2.40. The number of carbonyl (C=O) groups excluding carboxylic acids is 1. The number of aryl methyl sites for hydroxylation is 1. The predicted octanol–water partition coefficient (Wildman–Crippen LogP) is 7.47. The molecule has 37 heavy (non-hydrogen) atoms. The van der Waals surface area contributed by atoms with Gasteiger partial charge in [-0.15, -0.1) is 0 Å². The fraction of sp³-hybridized carbons (Fsp3) is 0.161. The van der Waals surface area contributed by atoms with Crippen LogP contribution in [0.2, 0.25) is 0 Å². The molecule has 0 spiro atoms. The van der Waals surface area contributed by atoms with E-state index in [1.165, 1.54) is 11.8 Å². The molecule has 1 atom stereocenters. The number of hydrogen-bond donors (Lipinski definition) is 0. The molecule has 0 bridgehead atoms. The molecule has 0 N–H and O–H groups in total. The van der Waals surface area contributed by atoms with Crippen LogP contribution >= 0.6 is 11.8 Å². The number of ether oxygens (including phenoxy) is 1. The molecule has 1 fully saturated rings. The van der Waals surface area contributed by atoms with Crippen molar-refractivity contribution >= 4 is 34.6 Å². The van der Waals surface area contributed by atoms with Gasteiger partial charge in [-0.3, -0.25) is 9.69 Å². The molecule has 6 heteroatoms. The number of benzene rings is 3. The Morgan fingerprint density at radius 2 is 1.57 bits per heavy atom. The minimum absolute atomic E-state index is 0.0368. The average molecular weight is 508 g/mol. The van der Waals surface area contributed by atoms with Crippen LogP contribution < -0.4 is 4.74 Å². The number of thioether (sulfide) groups is 1. The van der Waals surface area contributed by atoms with E-state index in [0.717, 1.165) is 39.6 Å². The molecule has 0 aliphatic carbocycles. The zero-order valence-corrected chi connectivity index (χ0v) is 22.2. The summed E-state index contributed by atoms with van der Waals surface area (Å²) in [6, 6.07) is 29.8. The highest BCUT2D eigenvalue weighted by Gasteiger charge is 2.37. The van der Waals surface area contributed by atoms with Gasteiger partial charge in [0.25, 0.3) is 5.91 Å². The normalized spacial score (nSPS) is 16.5. The molecule has 1 saturated heterocycles. The maximum Gasteiger partial charge on any atom is 0.267 e. The van der Waals surface area contributed by atoms with Gasteiger partial charge in [0.15, 0.2) is 5.17 Å². The smallest absolute Gasteiger partial charge is 0.267 e. The Balaban J connectivity index is 1.54. The van der Waals surface area contributed by atoms with Crippen molar-refractivity contribution in [3.8, 4) is 11.4 Å². The zero-order valence-electron chi connectivity index (χ0n) is 21.4. The SMILES string of the molecule is COc1ccc(-n2c(C)cc(/C=C3/SC(=Nc4ccccc4)N([C@H](C)c4ccccc4)C3=O)c2C)cc1. The summed E-state index contributed by atoms with van der Waals surface area (Å²) in [6.45, 7) is 6.21. The third kappa shape index (κ3) is 4.98. The van der Waals surface area contributed by atoms with Gasteiger partial charge in [-0.05, 0) is 92.2 Å². The van der Waals surface area contributed by atoms with Crippen molar-refractivity contribution in [2.45, 2.75) is 26.8 Å². The Kier molecular flexibility index (Phi) is 7.01. The number of aliphatic imine (C=N–C) groups is 1. The van der Waals surface area contributed by atoms with Gasteiger partial charge in [0.05, 0.1) is 23.7 Å².